The largest absolute Gasteiger partial charge is 0.199 e. The van der Waals surface area contributed by atoms with Crippen molar-refractivity contribution >= 4 is 22.2 Å². The predicted octanol–water partition coefficient (Wildman–Crippen LogP) is 14.4. The lowest BCUT2D eigenvalue weighted by molar-refractivity contribution is 0.531. The minimum absolute atomic E-state index is 0.0592. The van der Waals surface area contributed by atoms with Crippen LogP contribution >= 0.6 is 22.2 Å². The van der Waals surface area contributed by atoms with Crippen molar-refractivity contribution in [1.29, 1.82) is 0 Å². The van der Waals surface area contributed by atoms with Gasteiger partial charge in [0.05, 0.1) is 0 Å². The van der Waals surface area contributed by atoms with Gasteiger partial charge in [-0.15, -0.1) is 10.2 Å². The highest BCUT2D eigenvalue weighted by Gasteiger charge is 2.10. The number of rotatable bonds is 35. The molecule has 1 aromatic heterocycles. The molecule has 0 bridgehead atoms. The van der Waals surface area contributed by atoms with Crippen molar-refractivity contribution in [1.82, 2.24) is 10.2 Å². The highest BCUT2D eigenvalue weighted by molar-refractivity contribution is 8.18. The van der Waals surface area contributed by atoms with E-state index >= 15 is 0 Å². The lowest BCUT2D eigenvalue weighted by Gasteiger charge is -2.18. The van der Waals surface area contributed by atoms with Gasteiger partial charge < -0.3 is 0 Å². The third-order valence-electron chi connectivity index (χ3n) is 9.18. The number of nitrogens with zero attached hydrogens (tertiary/aromatic N) is 2. The van der Waals surface area contributed by atoms with Crippen LogP contribution in [0, 0.1) is 0 Å². The minimum Gasteiger partial charge on any atom is -0.199 e. The molecule has 0 N–H and O–H groups in total. The molecule has 1 rings (SSSR count). The zero-order valence-corrected chi connectivity index (χ0v) is 30.6. The van der Waals surface area contributed by atoms with Crippen molar-refractivity contribution in [2.75, 3.05) is 11.5 Å². The molecule has 0 aliphatic heterocycles. The molecule has 0 radical (unpaired) electrons. The number of thiol groups is 1. The molecule has 0 amide bonds. The molecular weight excluding hydrogens is 549 g/mol. The van der Waals surface area contributed by atoms with Gasteiger partial charge in [0.2, 0.25) is 0 Å². The summed E-state index contributed by atoms with van der Waals surface area (Å²) in [6, 6.07) is 0. The van der Waals surface area contributed by atoms with E-state index in [1.165, 1.54) is 221 Å². The summed E-state index contributed by atoms with van der Waals surface area (Å²) in [5.41, 5.74) is 1.95. The summed E-state index contributed by atoms with van der Waals surface area (Å²) in [4.78, 5) is 0. The molecule has 0 saturated heterocycles. The Bertz CT molecular complexity index is 570. The van der Waals surface area contributed by atoms with Crippen LogP contribution in [0.2, 0.25) is 0 Å². The smallest absolute Gasteiger partial charge is 0.154 e. The highest BCUT2D eigenvalue weighted by Crippen LogP contribution is 2.39. The standard InChI is InChI=1S/C38H76N2S2/c1-3-5-7-9-11-13-15-17-19-21-23-25-27-29-31-33-35-42(38-40-39-37-41-38)36-34-32-30-28-26-24-22-20-18-16-14-12-10-8-6-4-2/h37,42H,3-36H2,1-2H3. The van der Waals surface area contributed by atoms with Crippen LogP contribution in [0.3, 0.4) is 0 Å². The Balaban J connectivity index is 1.90. The Kier molecular flexibility index (Phi) is 32.1. The van der Waals surface area contributed by atoms with Crippen molar-refractivity contribution in [3.05, 3.63) is 5.51 Å². The second-order valence-electron chi connectivity index (χ2n) is 13.3. The third-order valence-corrected chi connectivity index (χ3v) is 13.1. The number of aromatic nitrogens is 2. The molecule has 1 heterocycles. The van der Waals surface area contributed by atoms with E-state index in [1.54, 1.807) is 0 Å². The summed E-state index contributed by atoms with van der Waals surface area (Å²) in [5.74, 6) is 2.78. The Labute approximate surface area is 272 Å². The molecule has 0 aliphatic carbocycles. The van der Waals surface area contributed by atoms with Crippen molar-refractivity contribution < 1.29 is 0 Å². The van der Waals surface area contributed by atoms with Crippen molar-refractivity contribution in [3.63, 3.8) is 0 Å². The average Bonchev–Trinajstić information content (AvgIpc) is 3.54. The van der Waals surface area contributed by atoms with Gasteiger partial charge in [0, 0.05) is 0 Å². The molecule has 0 aromatic carbocycles. The minimum atomic E-state index is -0.0592. The normalized spacial score (nSPS) is 11.9. The van der Waals surface area contributed by atoms with Gasteiger partial charge in [-0.1, -0.05) is 218 Å². The van der Waals surface area contributed by atoms with E-state index in [-0.39, 0.29) is 10.9 Å². The van der Waals surface area contributed by atoms with Crippen LogP contribution in [-0.2, 0) is 0 Å². The van der Waals surface area contributed by atoms with Gasteiger partial charge in [-0.25, -0.2) is 0 Å². The summed E-state index contributed by atoms with van der Waals surface area (Å²) in [6.07, 6.45) is 46.4. The van der Waals surface area contributed by atoms with Gasteiger partial charge in [-0.05, 0) is 24.3 Å². The van der Waals surface area contributed by atoms with E-state index in [4.69, 9.17) is 0 Å². The van der Waals surface area contributed by atoms with Gasteiger partial charge in [-0.2, -0.15) is 10.9 Å². The van der Waals surface area contributed by atoms with E-state index < -0.39 is 0 Å². The van der Waals surface area contributed by atoms with Crippen LogP contribution in [0.1, 0.15) is 219 Å². The first kappa shape index (κ1) is 39.9. The second-order valence-corrected chi connectivity index (χ2v) is 16.8. The number of hydrogen-bond acceptors (Lipinski definition) is 3. The van der Waals surface area contributed by atoms with Crippen molar-refractivity contribution in [2.45, 2.75) is 224 Å². The Morgan fingerprint density at radius 2 is 0.667 bits per heavy atom. The van der Waals surface area contributed by atoms with Gasteiger partial charge in [0.1, 0.15) is 5.51 Å². The van der Waals surface area contributed by atoms with Crippen molar-refractivity contribution in [2.24, 2.45) is 0 Å². The molecule has 0 atom stereocenters. The van der Waals surface area contributed by atoms with Crippen LogP contribution in [0.4, 0.5) is 0 Å². The van der Waals surface area contributed by atoms with Gasteiger partial charge >= 0.3 is 0 Å². The molecule has 250 valence electrons. The topological polar surface area (TPSA) is 25.8 Å². The molecule has 0 aliphatic rings. The highest BCUT2D eigenvalue weighted by atomic mass is 32.2. The first-order chi connectivity index (χ1) is 20.9. The van der Waals surface area contributed by atoms with E-state index in [1.807, 2.05) is 16.8 Å². The fourth-order valence-electron chi connectivity index (χ4n) is 6.31. The fourth-order valence-corrected chi connectivity index (χ4v) is 9.87. The molecule has 0 fully saturated rings. The molecule has 2 nitrogen and oxygen atoms in total. The van der Waals surface area contributed by atoms with Crippen LogP contribution in [0.5, 0.6) is 0 Å². The maximum atomic E-state index is 4.50. The average molecular weight is 625 g/mol. The summed E-state index contributed by atoms with van der Waals surface area (Å²) in [7, 11) is -0.0592. The Hall–Kier alpha value is -0.0900. The molecule has 0 saturated carbocycles. The molecule has 4 heteroatoms. The fraction of sp³-hybridized carbons (Fsp3) is 0.947. The molecule has 0 unspecified atom stereocenters. The molecule has 42 heavy (non-hydrogen) atoms. The monoisotopic (exact) mass is 625 g/mol. The second kappa shape index (κ2) is 33.8. The maximum absolute atomic E-state index is 4.50. The first-order valence-corrected chi connectivity index (χ1v) is 22.0. The van der Waals surface area contributed by atoms with Crippen LogP contribution < -0.4 is 0 Å². The van der Waals surface area contributed by atoms with Gasteiger partial charge in [0.15, 0.2) is 4.34 Å². The van der Waals surface area contributed by atoms with Gasteiger partial charge in [-0.3, -0.25) is 0 Å². The lowest BCUT2D eigenvalue weighted by atomic mass is 10.0. The zero-order chi connectivity index (χ0) is 30.0. The number of unbranched alkanes of at least 4 members (excludes halogenated alkanes) is 30. The molecule has 0 spiro atoms. The third kappa shape index (κ3) is 27.5. The Morgan fingerprint density at radius 3 is 0.905 bits per heavy atom. The molecule has 1 aromatic rings. The van der Waals surface area contributed by atoms with Crippen LogP contribution in [0.25, 0.3) is 0 Å². The van der Waals surface area contributed by atoms with E-state index in [0.29, 0.717) is 0 Å². The lowest BCUT2D eigenvalue weighted by Crippen LogP contribution is -1.97. The molecular formula is C38H76N2S2. The van der Waals surface area contributed by atoms with E-state index in [2.05, 4.69) is 24.0 Å². The summed E-state index contributed by atoms with van der Waals surface area (Å²) in [6.45, 7) is 4.61. The van der Waals surface area contributed by atoms with Gasteiger partial charge in [0.25, 0.3) is 0 Å². The van der Waals surface area contributed by atoms with Crippen LogP contribution in [-0.4, -0.2) is 21.7 Å². The quantitative estimate of drug-likeness (QED) is 0.0600. The number of hydrogen-bond donors (Lipinski definition) is 1. The Morgan fingerprint density at radius 1 is 0.405 bits per heavy atom. The SMILES string of the molecule is CCCCCCCCCCCCCCCCCC[SH](CCCCCCCCCCCCCCCCCC)c1nncs1. The van der Waals surface area contributed by atoms with E-state index in [0.717, 1.165) is 0 Å². The summed E-state index contributed by atoms with van der Waals surface area (Å²) in [5, 5.41) is 8.67. The summed E-state index contributed by atoms with van der Waals surface area (Å²) < 4.78 is 1.37. The first-order valence-electron chi connectivity index (χ1n) is 19.4. The van der Waals surface area contributed by atoms with Crippen LogP contribution in [0.15, 0.2) is 9.85 Å². The summed E-state index contributed by atoms with van der Waals surface area (Å²) >= 11 is 1.81. The van der Waals surface area contributed by atoms with Crippen molar-refractivity contribution in [3.8, 4) is 0 Å². The van der Waals surface area contributed by atoms with E-state index in [9.17, 15) is 0 Å². The zero-order valence-electron chi connectivity index (χ0n) is 28.9. The predicted molar refractivity (Wildman–Crippen MR) is 196 cm³/mol. The maximum Gasteiger partial charge on any atom is 0.154 e.